The van der Waals surface area contributed by atoms with Gasteiger partial charge in [0, 0.05) is 38.1 Å². The van der Waals surface area contributed by atoms with Crippen molar-refractivity contribution in [2.75, 3.05) is 45.8 Å². The van der Waals surface area contributed by atoms with Gasteiger partial charge in [0.2, 0.25) is 5.91 Å². The van der Waals surface area contributed by atoms with Gasteiger partial charge in [-0.05, 0) is 51.0 Å². The number of alkyl halides is 2. The number of hydrogen-bond donors (Lipinski definition) is 0. The van der Waals surface area contributed by atoms with E-state index in [-0.39, 0.29) is 24.9 Å². The lowest BCUT2D eigenvalue weighted by molar-refractivity contribution is -0.146. The van der Waals surface area contributed by atoms with E-state index in [1.165, 1.54) is 0 Å². The summed E-state index contributed by atoms with van der Waals surface area (Å²) in [6.45, 7) is 12.5. The predicted octanol–water partition coefficient (Wildman–Crippen LogP) is 2.93. The zero-order valence-electron chi connectivity index (χ0n) is 16.8. The van der Waals surface area contributed by atoms with Crippen LogP contribution in [-0.2, 0) is 4.79 Å². The number of rotatable bonds is 4. The van der Waals surface area contributed by atoms with Gasteiger partial charge < -0.3 is 4.90 Å². The molecule has 1 spiro atoms. The average molecular weight is 372 g/mol. The second-order valence-electron chi connectivity index (χ2n) is 9.49. The third-order valence-electron chi connectivity index (χ3n) is 6.88. The molecule has 0 aromatic heterocycles. The van der Waals surface area contributed by atoms with Crippen molar-refractivity contribution in [3.05, 3.63) is 0 Å². The molecule has 0 aliphatic carbocycles. The summed E-state index contributed by atoms with van der Waals surface area (Å²) in [6, 6.07) is 0.593. The Labute approximate surface area is 156 Å². The van der Waals surface area contributed by atoms with Crippen molar-refractivity contribution in [1.29, 1.82) is 0 Å². The fraction of sp³-hybridized carbons (Fsp3) is 0.950. The van der Waals surface area contributed by atoms with Gasteiger partial charge in [-0.1, -0.05) is 13.8 Å². The monoisotopic (exact) mass is 371 g/mol. The molecule has 3 rings (SSSR count). The SMILES string of the molecule is CC(C)C1CCN(CC(=O)N2CCC3(CC2)CN(C(C)C)C3)CC1(F)F. The summed E-state index contributed by atoms with van der Waals surface area (Å²) in [5.74, 6) is -3.25. The first-order chi connectivity index (χ1) is 12.1. The highest BCUT2D eigenvalue weighted by molar-refractivity contribution is 5.78. The topological polar surface area (TPSA) is 26.8 Å². The summed E-state index contributed by atoms with van der Waals surface area (Å²) in [4.78, 5) is 18.7. The van der Waals surface area contributed by atoms with Crippen molar-refractivity contribution < 1.29 is 13.6 Å². The smallest absolute Gasteiger partial charge is 0.263 e. The third kappa shape index (κ3) is 4.06. The summed E-state index contributed by atoms with van der Waals surface area (Å²) in [7, 11) is 0. The minimum Gasteiger partial charge on any atom is -0.342 e. The molecule has 0 aromatic carbocycles. The highest BCUT2D eigenvalue weighted by Gasteiger charge is 2.48. The van der Waals surface area contributed by atoms with Gasteiger partial charge in [0.25, 0.3) is 5.92 Å². The molecule has 1 atom stereocenters. The quantitative estimate of drug-likeness (QED) is 0.760. The minimum absolute atomic E-state index is 0.0194. The Balaban J connectivity index is 1.45. The number of halogens is 2. The van der Waals surface area contributed by atoms with Crippen molar-refractivity contribution >= 4 is 5.91 Å². The number of hydrogen-bond acceptors (Lipinski definition) is 3. The van der Waals surface area contributed by atoms with Crippen LogP contribution in [-0.4, -0.2) is 78.4 Å². The molecule has 26 heavy (non-hydrogen) atoms. The van der Waals surface area contributed by atoms with Crippen molar-refractivity contribution in [2.24, 2.45) is 17.3 Å². The lowest BCUT2D eigenvalue weighted by Gasteiger charge is -2.55. The number of piperidine rings is 2. The highest BCUT2D eigenvalue weighted by Crippen LogP contribution is 2.41. The van der Waals surface area contributed by atoms with E-state index < -0.39 is 11.8 Å². The van der Waals surface area contributed by atoms with Gasteiger partial charge in [-0.3, -0.25) is 14.6 Å². The Hall–Kier alpha value is -0.750. The zero-order chi connectivity index (χ0) is 19.1. The van der Waals surface area contributed by atoms with Gasteiger partial charge in [0.1, 0.15) is 0 Å². The van der Waals surface area contributed by atoms with Gasteiger partial charge in [0.05, 0.1) is 13.1 Å². The van der Waals surface area contributed by atoms with Crippen molar-refractivity contribution in [3.8, 4) is 0 Å². The second kappa shape index (κ2) is 7.34. The summed E-state index contributed by atoms with van der Waals surface area (Å²) in [5, 5.41) is 0. The average Bonchev–Trinajstić information content (AvgIpc) is 2.51. The maximum Gasteiger partial charge on any atom is 0.263 e. The summed E-state index contributed by atoms with van der Waals surface area (Å²) in [5.41, 5.74) is 0.393. The molecule has 3 fully saturated rings. The molecule has 3 heterocycles. The van der Waals surface area contributed by atoms with E-state index in [2.05, 4.69) is 18.7 Å². The van der Waals surface area contributed by atoms with E-state index in [9.17, 15) is 13.6 Å². The van der Waals surface area contributed by atoms with Crippen molar-refractivity contribution in [1.82, 2.24) is 14.7 Å². The summed E-state index contributed by atoms with van der Waals surface area (Å²) in [6.07, 6.45) is 2.58. The van der Waals surface area contributed by atoms with Crippen LogP contribution in [0.3, 0.4) is 0 Å². The van der Waals surface area contributed by atoms with Crippen LogP contribution in [0.5, 0.6) is 0 Å². The van der Waals surface area contributed by atoms with Gasteiger partial charge >= 0.3 is 0 Å². The Morgan fingerprint density at radius 3 is 2.15 bits per heavy atom. The molecule has 0 bridgehead atoms. The number of nitrogens with zero attached hydrogens (tertiary/aromatic N) is 3. The van der Waals surface area contributed by atoms with Crippen molar-refractivity contribution in [3.63, 3.8) is 0 Å². The van der Waals surface area contributed by atoms with E-state index in [0.717, 1.165) is 39.0 Å². The normalized spacial score (nSPS) is 29.4. The predicted molar refractivity (Wildman–Crippen MR) is 99.3 cm³/mol. The zero-order valence-corrected chi connectivity index (χ0v) is 16.8. The van der Waals surface area contributed by atoms with Gasteiger partial charge in [0.15, 0.2) is 0 Å². The molecule has 3 aliphatic rings. The van der Waals surface area contributed by atoms with Crippen molar-refractivity contribution in [2.45, 2.75) is 58.9 Å². The molecule has 0 saturated carbocycles. The van der Waals surface area contributed by atoms with Crippen LogP contribution in [0.25, 0.3) is 0 Å². The van der Waals surface area contributed by atoms with Crippen LogP contribution in [0, 0.1) is 17.3 Å². The van der Waals surface area contributed by atoms with E-state index in [4.69, 9.17) is 0 Å². The molecule has 0 aromatic rings. The highest BCUT2D eigenvalue weighted by atomic mass is 19.3. The molecule has 0 radical (unpaired) electrons. The number of carbonyl (C=O) groups is 1. The Kier molecular flexibility index (Phi) is 5.65. The van der Waals surface area contributed by atoms with Gasteiger partial charge in [-0.15, -0.1) is 0 Å². The molecule has 4 nitrogen and oxygen atoms in total. The lowest BCUT2D eigenvalue weighted by atomic mass is 9.71. The van der Waals surface area contributed by atoms with Gasteiger partial charge in [-0.25, -0.2) is 8.78 Å². The van der Waals surface area contributed by atoms with Gasteiger partial charge in [-0.2, -0.15) is 0 Å². The van der Waals surface area contributed by atoms with Crippen LogP contribution in [0.1, 0.15) is 47.0 Å². The summed E-state index contributed by atoms with van der Waals surface area (Å²) < 4.78 is 28.7. The van der Waals surface area contributed by atoms with Crippen LogP contribution >= 0.6 is 0 Å². The Bertz CT molecular complexity index is 507. The minimum atomic E-state index is -2.69. The van der Waals surface area contributed by atoms with Crippen LogP contribution in [0.4, 0.5) is 8.78 Å². The largest absolute Gasteiger partial charge is 0.342 e. The molecular formula is C20H35F2N3O. The maximum atomic E-state index is 14.3. The van der Waals surface area contributed by atoms with Crippen LogP contribution in [0.15, 0.2) is 0 Å². The lowest BCUT2D eigenvalue weighted by Crippen LogP contribution is -2.62. The Morgan fingerprint density at radius 1 is 1.04 bits per heavy atom. The van der Waals surface area contributed by atoms with E-state index in [0.29, 0.717) is 24.4 Å². The molecule has 1 amide bonds. The first-order valence-electron chi connectivity index (χ1n) is 10.2. The standard InChI is InChI=1S/C20H35F2N3O/c1-15(2)17-5-8-23(14-20(17,21)22)11-18(26)24-9-6-19(7-10-24)12-25(13-19)16(3)4/h15-17H,5-14H2,1-4H3. The fourth-order valence-electron chi connectivity index (χ4n) is 5.00. The molecule has 3 saturated heterocycles. The Morgan fingerprint density at radius 2 is 1.65 bits per heavy atom. The molecule has 0 N–H and O–H groups in total. The number of carbonyl (C=O) groups excluding carboxylic acids is 1. The third-order valence-corrected chi connectivity index (χ3v) is 6.88. The van der Waals surface area contributed by atoms with E-state index in [1.54, 1.807) is 4.90 Å². The maximum absolute atomic E-state index is 14.3. The van der Waals surface area contributed by atoms with Crippen LogP contribution < -0.4 is 0 Å². The molecule has 6 heteroatoms. The molecule has 1 unspecified atom stereocenters. The summed E-state index contributed by atoms with van der Waals surface area (Å²) >= 11 is 0. The first kappa shape index (κ1) is 20.0. The molecule has 150 valence electrons. The van der Waals surface area contributed by atoms with E-state index >= 15 is 0 Å². The molecular weight excluding hydrogens is 336 g/mol. The van der Waals surface area contributed by atoms with Crippen LogP contribution in [0.2, 0.25) is 0 Å². The fourth-order valence-corrected chi connectivity index (χ4v) is 5.00. The molecule has 3 aliphatic heterocycles. The number of likely N-dealkylation sites (tertiary alicyclic amines) is 3. The second-order valence-corrected chi connectivity index (χ2v) is 9.49. The first-order valence-corrected chi connectivity index (χ1v) is 10.2. The number of amides is 1. The van der Waals surface area contributed by atoms with E-state index in [1.807, 2.05) is 18.7 Å².